The molecule has 3 unspecified atom stereocenters. The van der Waals surface area contributed by atoms with E-state index in [0.717, 1.165) is 18.5 Å². The summed E-state index contributed by atoms with van der Waals surface area (Å²) in [5, 5.41) is 3.60. The van der Waals surface area contributed by atoms with Gasteiger partial charge in [-0.1, -0.05) is 13.3 Å². The molecular weight excluding hydrogens is 174 g/mol. The second-order valence-corrected chi connectivity index (χ2v) is 4.51. The van der Waals surface area contributed by atoms with Crippen molar-refractivity contribution >= 4 is 0 Å². The van der Waals surface area contributed by atoms with Crippen LogP contribution in [0.25, 0.3) is 0 Å². The van der Waals surface area contributed by atoms with Crippen molar-refractivity contribution in [3.8, 4) is 0 Å². The molecule has 1 aliphatic heterocycles. The summed E-state index contributed by atoms with van der Waals surface area (Å²) in [4.78, 5) is 0. The van der Waals surface area contributed by atoms with Gasteiger partial charge in [-0.3, -0.25) is 0 Å². The van der Waals surface area contributed by atoms with Crippen LogP contribution in [0.2, 0.25) is 0 Å². The lowest BCUT2D eigenvalue weighted by molar-refractivity contribution is 0.121. The zero-order valence-electron chi connectivity index (χ0n) is 9.04. The van der Waals surface area contributed by atoms with Crippen molar-refractivity contribution in [2.24, 2.45) is 5.92 Å². The Kier molecular flexibility index (Phi) is 3.46. The molecule has 2 rings (SSSR count). The van der Waals surface area contributed by atoms with E-state index < -0.39 is 0 Å². The fourth-order valence-electron chi connectivity index (χ4n) is 2.21. The zero-order chi connectivity index (χ0) is 9.80. The summed E-state index contributed by atoms with van der Waals surface area (Å²) < 4.78 is 5.51. The molecule has 1 aliphatic carbocycles. The second-order valence-electron chi connectivity index (χ2n) is 4.51. The Hall–Kier alpha value is -0.500. The molecule has 0 aromatic heterocycles. The molecular formula is C12H21NO. The van der Waals surface area contributed by atoms with E-state index in [0.29, 0.717) is 6.10 Å². The fourth-order valence-corrected chi connectivity index (χ4v) is 2.21. The minimum Gasteiger partial charge on any atom is -0.497 e. The van der Waals surface area contributed by atoms with E-state index >= 15 is 0 Å². The topological polar surface area (TPSA) is 21.3 Å². The fraction of sp³-hybridized carbons (Fsp3) is 0.833. The molecule has 1 fully saturated rings. The molecule has 1 heterocycles. The van der Waals surface area contributed by atoms with Crippen molar-refractivity contribution in [3.63, 3.8) is 0 Å². The van der Waals surface area contributed by atoms with Gasteiger partial charge in [-0.2, -0.15) is 0 Å². The summed E-state index contributed by atoms with van der Waals surface area (Å²) >= 11 is 0. The maximum atomic E-state index is 5.51. The van der Waals surface area contributed by atoms with Crippen LogP contribution >= 0.6 is 0 Å². The van der Waals surface area contributed by atoms with Gasteiger partial charge in [0, 0.05) is 12.6 Å². The van der Waals surface area contributed by atoms with E-state index in [-0.39, 0.29) is 0 Å². The van der Waals surface area contributed by atoms with E-state index in [1.165, 1.54) is 32.1 Å². The van der Waals surface area contributed by atoms with Crippen LogP contribution in [0.3, 0.4) is 0 Å². The number of ether oxygens (including phenoxy) is 1. The molecule has 14 heavy (non-hydrogen) atoms. The number of nitrogens with one attached hydrogen (secondary N) is 1. The van der Waals surface area contributed by atoms with Gasteiger partial charge < -0.3 is 10.1 Å². The summed E-state index contributed by atoms with van der Waals surface area (Å²) in [5.41, 5.74) is 0. The lowest BCUT2D eigenvalue weighted by Gasteiger charge is -2.19. The van der Waals surface area contributed by atoms with Crippen molar-refractivity contribution in [2.45, 2.75) is 51.2 Å². The normalized spacial score (nSPS) is 35.4. The lowest BCUT2D eigenvalue weighted by Crippen LogP contribution is -2.31. The maximum absolute atomic E-state index is 5.51. The summed E-state index contributed by atoms with van der Waals surface area (Å²) in [6, 6.07) is 0.796. The zero-order valence-corrected chi connectivity index (χ0v) is 9.04. The van der Waals surface area contributed by atoms with Crippen LogP contribution < -0.4 is 5.32 Å². The van der Waals surface area contributed by atoms with E-state index in [2.05, 4.69) is 18.3 Å². The third kappa shape index (κ3) is 2.74. The minimum absolute atomic E-state index is 0.419. The second kappa shape index (κ2) is 4.83. The molecule has 1 saturated carbocycles. The molecule has 2 nitrogen and oxygen atoms in total. The monoisotopic (exact) mass is 195 g/mol. The SMILES string of the molecule is CCCC1CC1NCC1CCC=CO1. The summed E-state index contributed by atoms with van der Waals surface area (Å²) in [6.45, 7) is 3.31. The summed E-state index contributed by atoms with van der Waals surface area (Å²) in [5.74, 6) is 0.958. The van der Waals surface area contributed by atoms with Crippen LogP contribution in [0, 0.1) is 5.92 Å². The largest absolute Gasteiger partial charge is 0.497 e. The molecule has 0 bridgehead atoms. The Morgan fingerprint density at radius 3 is 3.14 bits per heavy atom. The highest BCUT2D eigenvalue weighted by Gasteiger charge is 2.35. The number of hydrogen-bond donors (Lipinski definition) is 1. The number of allylic oxidation sites excluding steroid dienone is 1. The Bertz CT molecular complexity index is 202. The molecule has 1 N–H and O–H groups in total. The Morgan fingerprint density at radius 2 is 2.43 bits per heavy atom. The smallest absolute Gasteiger partial charge is 0.110 e. The van der Waals surface area contributed by atoms with Crippen molar-refractivity contribution in [3.05, 3.63) is 12.3 Å². The standard InChI is InChI=1S/C12H21NO/c1-2-5-10-8-12(10)13-9-11-6-3-4-7-14-11/h4,7,10-13H,2-3,5-6,8-9H2,1H3. The Labute approximate surface area is 86.7 Å². The highest BCUT2D eigenvalue weighted by molar-refractivity contribution is 4.93. The van der Waals surface area contributed by atoms with E-state index in [9.17, 15) is 0 Å². The van der Waals surface area contributed by atoms with E-state index in [1.54, 1.807) is 0 Å². The Balaban J connectivity index is 1.57. The predicted octanol–water partition coefficient (Wildman–Crippen LogP) is 2.46. The molecule has 2 heteroatoms. The van der Waals surface area contributed by atoms with Gasteiger partial charge in [-0.05, 0) is 37.7 Å². The average molecular weight is 195 g/mol. The van der Waals surface area contributed by atoms with Crippen molar-refractivity contribution in [1.82, 2.24) is 5.32 Å². The van der Waals surface area contributed by atoms with Gasteiger partial charge in [0.2, 0.25) is 0 Å². The van der Waals surface area contributed by atoms with Crippen molar-refractivity contribution in [1.29, 1.82) is 0 Å². The average Bonchev–Trinajstić information content (AvgIpc) is 2.96. The summed E-state index contributed by atoms with van der Waals surface area (Å²) in [6.07, 6.45) is 10.8. The molecule has 2 aliphatic rings. The third-order valence-corrected chi connectivity index (χ3v) is 3.21. The quantitative estimate of drug-likeness (QED) is 0.727. The van der Waals surface area contributed by atoms with Gasteiger partial charge in [0.15, 0.2) is 0 Å². The van der Waals surface area contributed by atoms with Crippen LogP contribution in [0.1, 0.15) is 39.0 Å². The van der Waals surface area contributed by atoms with Crippen molar-refractivity contribution in [2.75, 3.05) is 6.54 Å². The molecule has 0 aromatic rings. The van der Waals surface area contributed by atoms with Gasteiger partial charge in [-0.15, -0.1) is 0 Å². The van der Waals surface area contributed by atoms with Crippen LogP contribution in [-0.4, -0.2) is 18.7 Å². The number of rotatable bonds is 5. The van der Waals surface area contributed by atoms with Crippen LogP contribution in [0.4, 0.5) is 0 Å². The molecule has 80 valence electrons. The molecule has 0 amide bonds. The van der Waals surface area contributed by atoms with Gasteiger partial charge in [0.25, 0.3) is 0 Å². The van der Waals surface area contributed by atoms with Crippen molar-refractivity contribution < 1.29 is 4.74 Å². The van der Waals surface area contributed by atoms with Crippen LogP contribution in [0.15, 0.2) is 12.3 Å². The highest BCUT2D eigenvalue weighted by Crippen LogP contribution is 2.34. The first-order valence-corrected chi connectivity index (χ1v) is 5.94. The van der Waals surface area contributed by atoms with Gasteiger partial charge >= 0.3 is 0 Å². The molecule has 3 atom stereocenters. The van der Waals surface area contributed by atoms with Gasteiger partial charge in [0.1, 0.15) is 6.10 Å². The lowest BCUT2D eigenvalue weighted by atomic mass is 10.1. The molecule has 0 spiro atoms. The third-order valence-electron chi connectivity index (χ3n) is 3.21. The highest BCUT2D eigenvalue weighted by atomic mass is 16.5. The molecule has 0 saturated heterocycles. The minimum atomic E-state index is 0.419. The number of hydrogen-bond acceptors (Lipinski definition) is 2. The first-order valence-electron chi connectivity index (χ1n) is 5.94. The Morgan fingerprint density at radius 1 is 1.50 bits per heavy atom. The van der Waals surface area contributed by atoms with Gasteiger partial charge in [0.05, 0.1) is 6.26 Å². The van der Waals surface area contributed by atoms with Gasteiger partial charge in [-0.25, -0.2) is 0 Å². The van der Waals surface area contributed by atoms with E-state index in [4.69, 9.17) is 4.74 Å². The first kappa shape index (κ1) is 10.0. The first-order chi connectivity index (χ1) is 6.90. The summed E-state index contributed by atoms with van der Waals surface area (Å²) in [7, 11) is 0. The van der Waals surface area contributed by atoms with Crippen LogP contribution in [-0.2, 0) is 4.74 Å². The van der Waals surface area contributed by atoms with Crippen LogP contribution in [0.5, 0.6) is 0 Å². The maximum Gasteiger partial charge on any atom is 0.110 e. The molecule has 0 aromatic carbocycles. The molecule has 0 radical (unpaired) electrons. The van der Waals surface area contributed by atoms with E-state index in [1.807, 2.05) is 6.26 Å². The predicted molar refractivity (Wildman–Crippen MR) is 58.1 cm³/mol.